The van der Waals surface area contributed by atoms with Gasteiger partial charge < -0.3 is 14.5 Å². The number of aromatic amines is 1. The second-order valence-electron chi connectivity index (χ2n) is 2.56. The summed E-state index contributed by atoms with van der Waals surface area (Å²) in [5.74, 6) is 0. The maximum atomic E-state index is 10.6. The van der Waals surface area contributed by atoms with E-state index < -0.39 is 6.29 Å². The van der Waals surface area contributed by atoms with Crippen molar-refractivity contribution in [1.29, 1.82) is 0 Å². The Labute approximate surface area is 82.4 Å². The molecule has 0 aliphatic heterocycles. The van der Waals surface area contributed by atoms with Crippen LogP contribution >= 0.6 is 0 Å². The predicted molar refractivity (Wildman–Crippen MR) is 50.0 cm³/mol. The van der Waals surface area contributed by atoms with Crippen LogP contribution in [0.2, 0.25) is 0 Å². The van der Waals surface area contributed by atoms with Gasteiger partial charge in [0.2, 0.25) is 6.29 Å². The lowest BCUT2D eigenvalue weighted by Crippen LogP contribution is -2.11. The lowest BCUT2D eigenvalue weighted by Gasteiger charge is -2.15. The Morgan fingerprint density at radius 2 is 2.14 bits per heavy atom. The van der Waals surface area contributed by atoms with Gasteiger partial charge in [0.25, 0.3) is 0 Å². The number of carbonyl (C=O) groups excluding carboxylic acids is 1. The van der Waals surface area contributed by atoms with Gasteiger partial charge in [0, 0.05) is 13.2 Å². The summed E-state index contributed by atoms with van der Waals surface area (Å²) in [5, 5.41) is 0. The molecule has 14 heavy (non-hydrogen) atoms. The SMILES string of the molecule is CCOC(OCC)c1[nH]cnc1C=O. The predicted octanol–water partition coefficient (Wildman–Crippen LogP) is 1.29. The molecule has 1 N–H and O–H groups in total. The van der Waals surface area contributed by atoms with Crippen LogP contribution in [0.5, 0.6) is 0 Å². The van der Waals surface area contributed by atoms with E-state index in [1.807, 2.05) is 13.8 Å². The van der Waals surface area contributed by atoms with E-state index in [2.05, 4.69) is 9.97 Å². The van der Waals surface area contributed by atoms with Crippen molar-refractivity contribution in [2.45, 2.75) is 20.1 Å². The van der Waals surface area contributed by atoms with Gasteiger partial charge in [-0.15, -0.1) is 0 Å². The number of H-pyrrole nitrogens is 1. The molecule has 0 atom stereocenters. The molecule has 1 rings (SSSR count). The van der Waals surface area contributed by atoms with Gasteiger partial charge in [0.05, 0.1) is 6.33 Å². The molecule has 0 fully saturated rings. The third kappa shape index (κ3) is 2.40. The standard InChI is InChI=1S/C9H14N2O3/c1-3-13-9(14-4-2)8-7(5-12)10-6-11-8/h5-6,9H,3-4H2,1-2H3,(H,10,11). The molecule has 1 aromatic rings. The van der Waals surface area contributed by atoms with Crippen molar-refractivity contribution in [2.24, 2.45) is 0 Å². The molecule has 5 heteroatoms. The first kappa shape index (κ1) is 10.9. The van der Waals surface area contributed by atoms with Gasteiger partial charge in [-0.3, -0.25) is 4.79 Å². The van der Waals surface area contributed by atoms with E-state index in [1.165, 1.54) is 6.33 Å². The number of nitrogens with one attached hydrogen (secondary N) is 1. The number of hydrogen-bond acceptors (Lipinski definition) is 4. The lowest BCUT2D eigenvalue weighted by atomic mass is 10.3. The summed E-state index contributed by atoms with van der Waals surface area (Å²) >= 11 is 0. The van der Waals surface area contributed by atoms with E-state index in [0.29, 0.717) is 30.9 Å². The summed E-state index contributed by atoms with van der Waals surface area (Å²) in [4.78, 5) is 17.3. The van der Waals surface area contributed by atoms with Crippen molar-refractivity contribution >= 4 is 6.29 Å². The Balaban J connectivity index is 2.80. The normalized spacial score (nSPS) is 10.8. The Bertz CT molecular complexity index is 279. The molecule has 1 aromatic heterocycles. The van der Waals surface area contributed by atoms with Crippen LogP contribution in [0.4, 0.5) is 0 Å². The molecule has 78 valence electrons. The molecule has 0 bridgehead atoms. The molecule has 1 heterocycles. The fourth-order valence-corrected chi connectivity index (χ4v) is 1.12. The number of imidazole rings is 1. The van der Waals surface area contributed by atoms with Crippen LogP contribution in [0, 0.1) is 0 Å². The summed E-state index contributed by atoms with van der Waals surface area (Å²) < 4.78 is 10.6. The number of aromatic nitrogens is 2. The molecule has 0 saturated heterocycles. The largest absolute Gasteiger partial charge is 0.347 e. The Morgan fingerprint density at radius 3 is 2.64 bits per heavy atom. The summed E-state index contributed by atoms with van der Waals surface area (Å²) in [7, 11) is 0. The number of ether oxygens (including phenoxy) is 2. The number of carbonyl (C=O) groups is 1. The van der Waals surface area contributed by atoms with Crippen LogP contribution < -0.4 is 0 Å². The third-order valence-corrected chi connectivity index (χ3v) is 1.68. The molecule has 0 saturated carbocycles. The van der Waals surface area contributed by atoms with Gasteiger partial charge in [-0.25, -0.2) is 4.98 Å². The molecule has 0 radical (unpaired) electrons. The average Bonchev–Trinajstić information content (AvgIpc) is 2.65. The maximum Gasteiger partial charge on any atom is 0.201 e. The third-order valence-electron chi connectivity index (χ3n) is 1.68. The molecule has 0 aliphatic rings. The highest BCUT2D eigenvalue weighted by molar-refractivity contribution is 5.73. The highest BCUT2D eigenvalue weighted by atomic mass is 16.7. The fourth-order valence-electron chi connectivity index (χ4n) is 1.12. The quantitative estimate of drug-likeness (QED) is 0.552. The first-order valence-corrected chi connectivity index (χ1v) is 4.55. The topological polar surface area (TPSA) is 64.2 Å². The zero-order valence-corrected chi connectivity index (χ0v) is 8.32. The van der Waals surface area contributed by atoms with E-state index in [1.54, 1.807) is 0 Å². The van der Waals surface area contributed by atoms with Crippen LogP contribution in [0.1, 0.15) is 36.3 Å². The first-order valence-electron chi connectivity index (χ1n) is 4.55. The van der Waals surface area contributed by atoms with Gasteiger partial charge in [0.15, 0.2) is 6.29 Å². The van der Waals surface area contributed by atoms with E-state index >= 15 is 0 Å². The van der Waals surface area contributed by atoms with Gasteiger partial charge in [-0.05, 0) is 13.8 Å². The lowest BCUT2D eigenvalue weighted by molar-refractivity contribution is -0.142. The molecule has 0 unspecified atom stereocenters. The van der Waals surface area contributed by atoms with Gasteiger partial charge in [-0.2, -0.15) is 0 Å². The van der Waals surface area contributed by atoms with E-state index in [0.717, 1.165) is 0 Å². The van der Waals surface area contributed by atoms with Crippen LogP contribution in [-0.4, -0.2) is 29.5 Å². The highest BCUT2D eigenvalue weighted by Crippen LogP contribution is 2.18. The Hall–Kier alpha value is -1.20. The molecule has 0 aromatic carbocycles. The molecule has 0 aliphatic carbocycles. The van der Waals surface area contributed by atoms with Crippen molar-refractivity contribution < 1.29 is 14.3 Å². The van der Waals surface area contributed by atoms with E-state index in [4.69, 9.17) is 9.47 Å². The van der Waals surface area contributed by atoms with Crippen molar-refractivity contribution in [3.63, 3.8) is 0 Å². The van der Waals surface area contributed by atoms with Gasteiger partial charge >= 0.3 is 0 Å². The Morgan fingerprint density at radius 1 is 1.50 bits per heavy atom. The maximum absolute atomic E-state index is 10.6. The van der Waals surface area contributed by atoms with Gasteiger partial charge in [0.1, 0.15) is 11.4 Å². The van der Waals surface area contributed by atoms with Crippen LogP contribution in [0.15, 0.2) is 6.33 Å². The van der Waals surface area contributed by atoms with Gasteiger partial charge in [-0.1, -0.05) is 0 Å². The Kier molecular flexibility index (Phi) is 4.28. The smallest absolute Gasteiger partial charge is 0.201 e. The number of hydrogen-bond donors (Lipinski definition) is 1. The molecular weight excluding hydrogens is 184 g/mol. The molecule has 0 spiro atoms. The van der Waals surface area contributed by atoms with Crippen LogP contribution in [-0.2, 0) is 9.47 Å². The average molecular weight is 198 g/mol. The zero-order valence-electron chi connectivity index (χ0n) is 8.32. The minimum atomic E-state index is -0.535. The molecule has 5 nitrogen and oxygen atoms in total. The van der Waals surface area contributed by atoms with Crippen molar-refractivity contribution in [3.05, 3.63) is 17.7 Å². The minimum Gasteiger partial charge on any atom is -0.347 e. The first-order chi connectivity index (χ1) is 6.83. The number of nitrogens with zero attached hydrogens (tertiary/aromatic N) is 1. The highest BCUT2D eigenvalue weighted by Gasteiger charge is 2.17. The van der Waals surface area contributed by atoms with Crippen LogP contribution in [0.25, 0.3) is 0 Å². The molecule has 0 amide bonds. The summed E-state index contributed by atoms with van der Waals surface area (Å²) in [6, 6.07) is 0. The van der Waals surface area contributed by atoms with Crippen molar-refractivity contribution in [3.8, 4) is 0 Å². The van der Waals surface area contributed by atoms with E-state index in [-0.39, 0.29) is 0 Å². The fraction of sp³-hybridized carbons (Fsp3) is 0.556. The summed E-state index contributed by atoms with van der Waals surface area (Å²) in [5.41, 5.74) is 0.903. The number of aldehydes is 1. The summed E-state index contributed by atoms with van der Waals surface area (Å²) in [6.45, 7) is 4.76. The number of rotatable bonds is 6. The second-order valence-corrected chi connectivity index (χ2v) is 2.56. The van der Waals surface area contributed by atoms with Crippen molar-refractivity contribution in [1.82, 2.24) is 9.97 Å². The van der Waals surface area contributed by atoms with Crippen molar-refractivity contribution in [2.75, 3.05) is 13.2 Å². The molecular formula is C9H14N2O3. The monoisotopic (exact) mass is 198 g/mol. The summed E-state index contributed by atoms with van der Waals surface area (Å²) in [6.07, 6.45) is 1.59. The van der Waals surface area contributed by atoms with Crippen LogP contribution in [0.3, 0.4) is 0 Å². The minimum absolute atomic E-state index is 0.330. The second kappa shape index (κ2) is 5.51. The van der Waals surface area contributed by atoms with E-state index in [9.17, 15) is 4.79 Å². The zero-order chi connectivity index (χ0) is 10.4.